The molecule has 0 radical (unpaired) electrons. The summed E-state index contributed by atoms with van der Waals surface area (Å²) in [5.74, 6) is -0.0425. The molecule has 6 nitrogen and oxygen atoms in total. The molecule has 0 unspecified atom stereocenters. The second kappa shape index (κ2) is 7.43. The third-order valence-corrected chi connectivity index (χ3v) is 6.26. The number of furan rings is 1. The SMILES string of the molecule is O=C(NC1CCN(C(=O)c2ccoc2)CC1)c1cccc2c3c([nH]c12)CCCC3. The molecule has 0 atom stereocenters. The number of piperidine rings is 1. The van der Waals surface area contributed by atoms with Crippen molar-refractivity contribution in [3.8, 4) is 0 Å². The maximum Gasteiger partial charge on any atom is 0.257 e. The van der Waals surface area contributed by atoms with E-state index in [2.05, 4.69) is 16.4 Å². The van der Waals surface area contributed by atoms with E-state index >= 15 is 0 Å². The smallest absolute Gasteiger partial charge is 0.257 e. The number of aromatic amines is 1. The molecule has 1 fully saturated rings. The third kappa shape index (κ3) is 3.33. The van der Waals surface area contributed by atoms with Crippen molar-refractivity contribution >= 4 is 22.7 Å². The fourth-order valence-corrected chi connectivity index (χ4v) is 4.68. The van der Waals surface area contributed by atoms with Crippen molar-refractivity contribution in [3.63, 3.8) is 0 Å². The number of nitrogens with one attached hydrogen (secondary N) is 2. The van der Waals surface area contributed by atoms with Crippen molar-refractivity contribution in [2.45, 2.75) is 44.6 Å². The van der Waals surface area contributed by atoms with Crippen LogP contribution in [0.15, 0.2) is 41.2 Å². The molecule has 1 aromatic carbocycles. The van der Waals surface area contributed by atoms with Crippen LogP contribution >= 0.6 is 0 Å². The lowest BCUT2D eigenvalue weighted by Gasteiger charge is -2.32. The van der Waals surface area contributed by atoms with E-state index in [1.807, 2.05) is 17.0 Å². The van der Waals surface area contributed by atoms with E-state index in [9.17, 15) is 9.59 Å². The molecule has 2 aliphatic rings. The van der Waals surface area contributed by atoms with Gasteiger partial charge in [0.1, 0.15) is 6.26 Å². The molecule has 6 heteroatoms. The number of benzene rings is 1. The maximum atomic E-state index is 13.0. The van der Waals surface area contributed by atoms with Crippen molar-refractivity contribution in [2.24, 2.45) is 0 Å². The number of fused-ring (bicyclic) bond motifs is 3. The van der Waals surface area contributed by atoms with E-state index in [-0.39, 0.29) is 17.9 Å². The number of amides is 2. The van der Waals surface area contributed by atoms with Crippen molar-refractivity contribution < 1.29 is 14.0 Å². The summed E-state index contributed by atoms with van der Waals surface area (Å²) in [6.07, 6.45) is 9.08. The molecule has 3 heterocycles. The normalized spacial score (nSPS) is 17.3. The number of aryl methyl sites for hydroxylation is 2. The lowest BCUT2D eigenvalue weighted by atomic mass is 9.95. The Bertz CT molecular complexity index is 1040. The van der Waals surface area contributed by atoms with Gasteiger partial charge in [0.05, 0.1) is 22.9 Å². The second-order valence-corrected chi connectivity index (χ2v) is 8.07. The highest BCUT2D eigenvalue weighted by Gasteiger charge is 2.26. The Balaban J connectivity index is 1.27. The number of nitrogens with zero attached hydrogens (tertiary/aromatic N) is 1. The predicted molar refractivity (Wildman–Crippen MR) is 110 cm³/mol. The summed E-state index contributed by atoms with van der Waals surface area (Å²) in [4.78, 5) is 30.8. The monoisotopic (exact) mass is 391 g/mol. The standard InChI is InChI=1S/C23H25N3O3/c27-22(19-6-3-5-18-17-4-1-2-7-20(17)25-21(18)19)24-16-8-11-26(12-9-16)23(28)15-10-13-29-14-15/h3,5-6,10,13-14,16,25H,1-2,4,7-9,11-12H2,(H,24,27). The zero-order chi connectivity index (χ0) is 19.8. The van der Waals surface area contributed by atoms with E-state index in [0.717, 1.165) is 31.2 Å². The molecule has 29 heavy (non-hydrogen) atoms. The Morgan fingerprint density at radius 1 is 1.10 bits per heavy atom. The molecule has 2 aromatic heterocycles. The molecule has 1 aliphatic carbocycles. The number of H-pyrrole nitrogens is 1. The van der Waals surface area contributed by atoms with E-state index in [4.69, 9.17) is 4.42 Å². The summed E-state index contributed by atoms with van der Waals surface area (Å²) in [6, 6.07) is 7.76. The van der Waals surface area contributed by atoms with Gasteiger partial charge in [-0.3, -0.25) is 9.59 Å². The number of rotatable bonds is 3. The van der Waals surface area contributed by atoms with Crippen molar-refractivity contribution in [2.75, 3.05) is 13.1 Å². The average Bonchev–Trinajstić information content (AvgIpc) is 3.41. The first-order valence-corrected chi connectivity index (χ1v) is 10.5. The van der Waals surface area contributed by atoms with Gasteiger partial charge in [-0.25, -0.2) is 0 Å². The number of likely N-dealkylation sites (tertiary alicyclic amines) is 1. The highest BCUT2D eigenvalue weighted by atomic mass is 16.3. The van der Waals surface area contributed by atoms with Crippen LogP contribution in [0.25, 0.3) is 10.9 Å². The van der Waals surface area contributed by atoms with Crippen molar-refractivity contribution in [3.05, 3.63) is 59.2 Å². The Kier molecular flexibility index (Phi) is 4.62. The van der Waals surface area contributed by atoms with E-state index in [1.54, 1.807) is 6.07 Å². The van der Waals surface area contributed by atoms with Crippen LogP contribution in [0.1, 0.15) is 57.7 Å². The Morgan fingerprint density at radius 2 is 1.93 bits per heavy atom. The molecular weight excluding hydrogens is 366 g/mol. The predicted octanol–water partition coefficient (Wildman–Crippen LogP) is 3.67. The van der Waals surface area contributed by atoms with Crippen molar-refractivity contribution in [1.82, 2.24) is 15.2 Å². The van der Waals surface area contributed by atoms with Crippen molar-refractivity contribution in [1.29, 1.82) is 0 Å². The van der Waals surface area contributed by atoms with Crippen LogP contribution < -0.4 is 5.32 Å². The topological polar surface area (TPSA) is 78.3 Å². The summed E-state index contributed by atoms with van der Waals surface area (Å²) in [5, 5.41) is 4.37. The fraction of sp³-hybridized carbons (Fsp3) is 0.391. The van der Waals surface area contributed by atoms with Crippen LogP contribution in [0.2, 0.25) is 0 Å². The van der Waals surface area contributed by atoms with Gasteiger partial charge in [0.2, 0.25) is 0 Å². The number of hydrogen-bond donors (Lipinski definition) is 2. The van der Waals surface area contributed by atoms with E-state index < -0.39 is 0 Å². The molecular formula is C23H25N3O3. The first-order valence-electron chi connectivity index (χ1n) is 10.5. The molecule has 0 bridgehead atoms. The number of para-hydroxylation sites is 1. The Labute approximate surface area is 169 Å². The van der Waals surface area contributed by atoms with Crippen LogP contribution in [0.3, 0.4) is 0 Å². The van der Waals surface area contributed by atoms with Gasteiger partial charge in [0.15, 0.2) is 0 Å². The van der Waals surface area contributed by atoms with Gasteiger partial charge < -0.3 is 19.6 Å². The number of carbonyl (C=O) groups excluding carboxylic acids is 2. The Morgan fingerprint density at radius 3 is 2.72 bits per heavy atom. The molecule has 5 rings (SSSR count). The molecule has 1 aliphatic heterocycles. The van der Waals surface area contributed by atoms with E-state index in [1.165, 1.54) is 42.0 Å². The summed E-state index contributed by atoms with van der Waals surface area (Å²) in [7, 11) is 0. The first kappa shape index (κ1) is 18.0. The zero-order valence-corrected chi connectivity index (χ0v) is 16.4. The van der Waals surface area contributed by atoms with Crippen LogP contribution in [-0.2, 0) is 12.8 Å². The number of aromatic nitrogens is 1. The molecule has 3 aromatic rings. The van der Waals surface area contributed by atoms with E-state index in [0.29, 0.717) is 24.2 Å². The van der Waals surface area contributed by atoms with Gasteiger partial charge in [-0.05, 0) is 56.2 Å². The second-order valence-electron chi connectivity index (χ2n) is 8.07. The lowest BCUT2D eigenvalue weighted by molar-refractivity contribution is 0.0697. The van der Waals surface area contributed by atoms with Gasteiger partial charge in [0.25, 0.3) is 11.8 Å². The van der Waals surface area contributed by atoms with Gasteiger partial charge in [0, 0.05) is 30.2 Å². The fourth-order valence-electron chi connectivity index (χ4n) is 4.68. The first-order chi connectivity index (χ1) is 14.2. The minimum absolute atomic E-state index is 0.00902. The van der Waals surface area contributed by atoms with Gasteiger partial charge in [-0.2, -0.15) is 0 Å². The van der Waals surface area contributed by atoms with Gasteiger partial charge in [-0.1, -0.05) is 12.1 Å². The number of carbonyl (C=O) groups is 2. The minimum Gasteiger partial charge on any atom is -0.472 e. The van der Waals surface area contributed by atoms with Crippen LogP contribution in [-0.4, -0.2) is 40.8 Å². The highest BCUT2D eigenvalue weighted by molar-refractivity contribution is 6.07. The van der Waals surface area contributed by atoms with Crippen LogP contribution in [0.5, 0.6) is 0 Å². The Hall–Kier alpha value is -3.02. The molecule has 2 N–H and O–H groups in total. The maximum absolute atomic E-state index is 13.0. The largest absolute Gasteiger partial charge is 0.472 e. The molecule has 0 spiro atoms. The zero-order valence-electron chi connectivity index (χ0n) is 16.4. The highest BCUT2D eigenvalue weighted by Crippen LogP contribution is 2.31. The molecule has 0 saturated carbocycles. The molecule has 150 valence electrons. The van der Waals surface area contributed by atoms with Gasteiger partial charge >= 0.3 is 0 Å². The summed E-state index contributed by atoms with van der Waals surface area (Å²) < 4.78 is 5.01. The molecule has 2 amide bonds. The summed E-state index contributed by atoms with van der Waals surface area (Å²) in [6.45, 7) is 1.27. The molecule has 1 saturated heterocycles. The van der Waals surface area contributed by atoms with Crippen LogP contribution in [0.4, 0.5) is 0 Å². The summed E-state index contributed by atoms with van der Waals surface area (Å²) >= 11 is 0. The minimum atomic E-state index is -0.0335. The van der Waals surface area contributed by atoms with Gasteiger partial charge in [-0.15, -0.1) is 0 Å². The average molecular weight is 391 g/mol. The summed E-state index contributed by atoms with van der Waals surface area (Å²) in [5.41, 5.74) is 4.93. The van der Waals surface area contributed by atoms with Crippen LogP contribution in [0, 0.1) is 0 Å². The quantitative estimate of drug-likeness (QED) is 0.715. The third-order valence-electron chi connectivity index (χ3n) is 6.26. The number of hydrogen-bond acceptors (Lipinski definition) is 3. The lowest BCUT2D eigenvalue weighted by Crippen LogP contribution is -2.46.